The lowest BCUT2D eigenvalue weighted by molar-refractivity contribution is 0.316. The van der Waals surface area contributed by atoms with E-state index in [1.165, 1.54) is 25.7 Å². The van der Waals surface area contributed by atoms with Gasteiger partial charge in [0.1, 0.15) is 0 Å². The molecule has 0 bridgehead atoms. The van der Waals surface area contributed by atoms with Crippen molar-refractivity contribution in [1.29, 1.82) is 0 Å². The molecule has 0 saturated heterocycles. The lowest BCUT2D eigenvalue weighted by Gasteiger charge is -2.07. The van der Waals surface area contributed by atoms with E-state index in [9.17, 15) is 0 Å². The highest BCUT2D eigenvalue weighted by atomic mass is 16.3. The van der Waals surface area contributed by atoms with Gasteiger partial charge in [0.2, 0.25) is 0 Å². The van der Waals surface area contributed by atoms with E-state index in [0.29, 0.717) is 0 Å². The van der Waals surface area contributed by atoms with Gasteiger partial charge < -0.3 is 5.11 Å². The third-order valence-corrected chi connectivity index (χ3v) is 2.45. The summed E-state index contributed by atoms with van der Waals surface area (Å²) in [6.07, 6.45) is 11.8. The molecule has 1 saturated carbocycles. The van der Waals surface area contributed by atoms with Crippen molar-refractivity contribution in [1.82, 2.24) is 0 Å². The minimum absolute atomic E-state index is 0.0901. The standard InChI is InChI=1S/C14H19O/c1-2-3-4-5-6-7-9-13-10-8-11-14(13)12-15/h8,10-11,15H,2-6,12H2,1H3. The quantitative estimate of drug-likeness (QED) is 0.538. The first kappa shape index (κ1) is 12.6. The van der Waals surface area contributed by atoms with E-state index in [2.05, 4.69) is 18.8 Å². The Balaban J connectivity index is 2.13. The van der Waals surface area contributed by atoms with Gasteiger partial charge >= 0.3 is 0 Å². The maximum Gasteiger partial charge on any atom is 0.0611 e. The molecule has 0 amide bonds. The summed E-state index contributed by atoms with van der Waals surface area (Å²) >= 11 is 0. The van der Waals surface area contributed by atoms with Crippen molar-refractivity contribution in [2.75, 3.05) is 6.61 Å². The summed E-state index contributed by atoms with van der Waals surface area (Å²) in [6, 6.07) is 0. The van der Waals surface area contributed by atoms with Crippen LogP contribution in [0.1, 0.15) is 39.0 Å². The summed E-state index contributed by atoms with van der Waals surface area (Å²) in [6.45, 7) is 2.30. The van der Waals surface area contributed by atoms with Crippen molar-refractivity contribution in [2.45, 2.75) is 39.0 Å². The maximum absolute atomic E-state index is 9.01. The molecule has 0 unspecified atom stereocenters. The van der Waals surface area contributed by atoms with Gasteiger partial charge in [-0.05, 0) is 25.7 Å². The van der Waals surface area contributed by atoms with Crippen LogP contribution in [0.2, 0.25) is 0 Å². The summed E-state index contributed by atoms with van der Waals surface area (Å²) in [5.41, 5.74) is 0. The van der Waals surface area contributed by atoms with Gasteiger partial charge in [-0.1, -0.05) is 32.1 Å². The lowest BCUT2D eigenvalue weighted by atomic mass is 9.97. The molecule has 1 nitrogen and oxygen atoms in total. The van der Waals surface area contributed by atoms with Gasteiger partial charge in [0.15, 0.2) is 0 Å². The van der Waals surface area contributed by atoms with Crippen molar-refractivity contribution >= 4 is 0 Å². The van der Waals surface area contributed by atoms with Crippen molar-refractivity contribution in [3.8, 4) is 11.8 Å². The normalized spacial score (nSPS) is 17.7. The van der Waals surface area contributed by atoms with Gasteiger partial charge in [0.05, 0.1) is 12.5 Å². The second-order valence-corrected chi connectivity index (χ2v) is 3.74. The molecule has 1 heteroatoms. The highest BCUT2D eigenvalue weighted by Gasteiger charge is 2.26. The van der Waals surface area contributed by atoms with Gasteiger partial charge in [-0.15, -0.1) is 5.92 Å². The molecule has 0 heterocycles. The Morgan fingerprint density at radius 3 is 2.80 bits per heavy atom. The van der Waals surface area contributed by atoms with E-state index in [1.807, 2.05) is 19.3 Å². The fourth-order valence-electron chi connectivity index (χ4n) is 1.52. The molecule has 0 aromatic rings. The van der Waals surface area contributed by atoms with Gasteiger partial charge in [-0.3, -0.25) is 0 Å². The number of aliphatic hydroxyl groups excluding tert-OH is 1. The van der Waals surface area contributed by atoms with E-state index < -0.39 is 0 Å². The predicted octanol–water partition coefficient (Wildman–Crippen LogP) is 2.73. The largest absolute Gasteiger partial charge is 0.396 e. The molecule has 1 aliphatic rings. The van der Waals surface area contributed by atoms with E-state index in [4.69, 9.17) is 5.11 Å². The number of hydrogen-bond acceptors (Lipinski definition) is 1. The van der Waals surface area contributed by atoms with Crippen molar-refractivity contribution < 1.29 is 5.11 Å². The molecule has 15 heavy (non-hydrogen) atoms. The Kier molecular flexibility index (Phi) is 6.52. The summed E-state index contributed by atoms with van der Waals surface area (Å²) in [7, 11) is 0. The third kappa shape index (κ3) is 4.71. The Morgan fingerprint density at radius 2 is 2.07 bits per heavy atom. The first-order valence-electron chi connectivity index (χ1n) is 5.72. The first-order valence-corrected chi connectivity index (χ1v) is 5.72. The molecule has 5 radical (unpaired) electrons. The van der Waals surface area contributed by atoms with E-state index in [-0.39, 0.29) is 6.61 Å². The van der Waals surface area contributed by atoms with Crippen LogP contribution in [0.3, 0.4) is 0 Å². The van der Waals surface area contributed by atoms with E-state index in [0.717, 1.165) is 18.3 Å². The second-order valence-electron chi connectivity index (χ2n) is 3.74. The molecular weight excluding hydrogens is 184 g/mol. The second kappa shape index (κ2) is 7.77. The van der Waals surface area contributed by atoms with Crippen LogP contribution in [0, 0.1) is 42.9 Å². The topological polar surface area (TPSA) is 20.2 Å². The molecule has 1 rings (SSSR count). The molecule has 0 aromatic heterocycles. The third-order valence-electron chi connectivity index (χ3n) is 2.45. The van der Waals surface area contributed by atoms with Crippen LogP contribution >= 0.6 is 0 Å². The lowest BCUT2D eigenvalue weighted by Crippen LogP contribution is -2.06. The SMILES string of the molecule is CCCCCCC#C[C]1[CH][CH][CH][C]1CO. The molecule has 0 aromatic carbocycles. The van der Waals surface area contributed by atoms with Gasteiger partial charge in [-0.2, -0.15) is 0 Å². The highest BCUT2D eigenvalue weighted by Crippen LogP contribution is 2.31. The zero-order valence-electron chi connectivity index (χ0n) is 9.42. The van der Waals surface area contributed by atoms with E-state index in [1.54, 1.807) is 0 Å². The van der Waals surface area contributed by atoms with Crippen LogP contribution in [0.25, 0.3) is 0 Å². The van der Waals surface area contributed by atoms with Crippen LogP contribution in [0.5, 0.6) is 0 Å². The molecule has 1 fully saturated rings. The summed E-state index contributed by atoms with van der Waals surface area (Å²) in [5, 5.41) is 9.01. The van der Waals surface area contributed by atoms with Crippen LogP contribution < -0.4 is 0 Å². The van der Waals surface area contributed by atoms with Gasteiger partial charge in [0.25, 0.3) is 0 Å². The maximum atomic E-state index is 9.01. The zero-order valence-corrected chi connectivity index (χ0v) is 9.42. The van der Waals surface area contributed by atoms with Crippen molar-refractivity contribution in [2.24, 2.45) is 0 Å². The Hall–Kier alpha value is -0.480. The molecule has 81 valence electrons. The fourth-order valence-corrected chi connectivity index (χ4v) is 1.52. The Bertz CT molecular complexity index is 211. The molecule has 0 aliphatic heterocycles. The van der Waals surface area contributed by atoms with Crippen LogP contribution in [-0.4, -0.2) is 11.7 Å². The minimum Gasteiger partial charge on any atom is -0.396 e. The van der Waals surface area contributed by atoms with Gasteiger partial charge in [0, 0.05) is 12.3 Å². The summed E-state index contributed by atoms with van der Waals surface area (Å²) < 4.78 is 0. The molecule has 1 N–H and O–H groups in total. The van der Waals surface area contributed by atoms with Crippen molar-refractivity contribution in [3.63, 3.8) is 0 Å². The molecule has 0 spiro atoms. The fraction of sp³-hybridized carbons (Fsp3) is 0.500. The zero-order chi connectivity index (χ0) is 10.9. The number of hydrogen-bond donors (Lipinski definition) is 1. The highest BCUT2D eigenvalue weighted by molar-refractivity contribution is 5.53. The molecular formula is C14H19O. The summed E-state index contributed by atoms with van der Waals surface area (Å²) in [5.74, 6) is 8.19. The summed E-state index contributed by atoms with van der Waals surface area (Å²) in [4.78, 5) is 0. The number of aliphatic hydroxyl groups is 1. The Labute approximate surface area is 94.3 Å². The van der Waals surface area contributed by atoms with Crippen molar-refractivity contribution in [3.05, 3.63) is 31.1 Å². The smallest absolute Gasteiger partial charge is 0.0611 e. The number of unbranched alkanes of at least 4 members (excludes halogenated alkanes) is 4. The average molecular weight is 203 g/mol. The van der Waals surface area contributed by atoms with Crippen LogP contribution in [0.4, 0.5) is 0 Å². The van der Waals surface area contributed by atoms with Crippen LogP contribution in [-0.2, 0) is 0 Å². The first-order chi connectivity index (χ1) is 7.38. The predicted molar refractivity (Wildman–Crippen MR) is 63.0 cm³/mol. The van der Waals surface area contributed by atoms with Crippen LogP contribution in [0.15, 0.2) is 0 Å². The van der Waals surface area contributed by atoms with Gasteiger partial charge in [-0.25, -0.2) is 0 Å². The Morgan fingerprint density at radius 1 is 1.20 bits per heavy atom. The molecule has 1 aliphatic carbocycles. The molecule has 0 atom stereocenters. The van der Waals surface area contributed by atoms with E-state index >= 15 is 0 Å². The number of rotatable bonds is 5. The minimum atomic E-state index is 0.0901. The monoisotopic (exact) mass is 203 g/mol. The average Bonchev–Trinajstić information content (AvgIpc) is 2.70.